The first-order valence-electron chi connectivity index (χ1n) is 20.1. The molecule has 0 saturated heterocycles. The topological polar surface area (TPSA) is 119 Å². The van der Waals surface area contributed by atoms with Crippen LogP contribution in [0.4, 0.5) is 0 Å². The molecule has 0 rings (SSSR count). The molecule has 47 heavy (non-hydrogen) atoms. The van der Waals surface area contributed by atoms with Crippen LogP contribution in [0.3, 0.4) is 0 Å². The van der Waals surface area contributed by atoms with Crippen molar-refractivity contribution in [1.29, 1.82) is 0 Å². The lowest BCUT2D eigenvalue weighted by molar-refractivity contribution is -0.173. The summed E-state index contributed by atoms with van der Waals surface area (Å²) in [6.45, 7) is 8.16. The third-order valence-corrected chi connectivity index (χ3v) is 10.3. The van der Waals surface area contributed by atoms with E-state index in [1.165, 1.54) is 123 Å². The number of aliphatic hydroxyl groups excluding tert-OH is 2. The van der Waals surface area contributed by atoms with Gasteiger partial charge in [-0.1, -0.05) is 169 Å². The number of ketones is 1. The highest BCUT2D eigenvalue weighted by Gasteiger charge is 2.59. The van der Waals surface area contributed by atoms with Crippen molar-refractivity contribution in [3.63, 3.8) is 0 Å². The van der Waals surface area contributed by atoms with E-state index in [2.05, 4.69) is 13.8 Å². The van der Waals surface area contributed by atoms with Crippen molar-refractivity contribution in [1.82, 2.24) is 0 Å². The van der Waals surface area contributed by atoms with Gasteiger partial charge in [-0.2, -0.15) is 0 Å². The van der Waals surface area contributed by atoms with E-state index in [1.54, 1.807) is 0 Å². The molecule has 0 spiro atoms. The van der Waals surface area contributed by atoms with E-state index >= 15 is 0 Å². The molecule has 0 fully saturated rings. The first-order valence-corrected chi connectivity index (χ1v) is 20.1. The second-order valence-corrected chi connectivity index (χ2v) is 14.1. The van der Waals surface area contributed by atoms with Crippen LogP contribution in [-0.2, 0) is 19.1 Å². The molecular formula is C40H79NO6. The first-order chi connectivity index (χ1) is 22.8. The lowest BCUT2D eigenvalue weighted by Crippen LogP contribution is -2.63. The fourth-order valence-electron chi connectivity index (χ4n) is 7.51. The van der Waals surface area contributed by atoms with Gasteiger partial charge in [-0.25, -0.2) is 0 Å². The van der Waals surface area contributed by atoms with Crippen molar-refractivity contribution in [3.8, 4) is 0 Å². The molecule has 0 aromatic heterocycles. The molecule has 0 aliphatic rings. The summed E-state index contributed by atoms with van der Waals surface area (Å²) in [6, 6.07) is 0. The minimum atomic E-state index is -1.79. The fraction of sp³-hybridized carbons (Fsp3) is 0.950. The van der Waals surface area contributed by atoms with E-state index in [1.807, 2.05) is 13.8 Å². The predicted octanol–water partition coefficient (Wildman–Crippen LogP) is 9.62. The van der Waals surface area contributed by atoms with E-state index in [9.17, 15) is 19.8 Å². The van der Waals surface area contributed by atoms with E-state index in [4.69, 9.17) is 15.2 Å². The van der Waals surface area contributed by atoms with Crippen molar-refractivity contribution < 1.29 is 29.3 Å². The van der Waals surface area contributed by atoms with E-state index in [-0.39, 0.29) is 0 Å². The number of primary amides is 1. The predicted molar refractivity (Wildman–Crippen MR) is 196 cm³/mol. The van der Waals surface area contributed by atoms with Crippen LogP contribution in [-0.4, -0.2) is 60.5 Å². The number of methoxy groups -OCH3 is 1. The summed E-state index contributed by atoms with van der Waals surface area (Å²) < 4.78 is 12.3. The molecule has 280 valence electrons. The largest absolute Gasteiger partial charge is 0.393 e. The number of aliphatic hydroxyl groups is 2. The highest BCUT2D eigenvalue weighted by molar-refractivity contribution is 6.08. The van der Waals surface area contributed by atoms with Gasteiger partial charge in [0.2, 0.25) is 5.91 Å². The Kier molecular flexibility index (Phi) is 30.3. The van der Waals surface area contributed by atoms with Gasteiger partial charge in [-0.05, 0) is 25.7 Å². The molecule has 5 unspecified atom stereocenters. The number of rotatable bonds is 36. The molecule has 7 heteroatoms. The van der Waals surface area contributed by atoms with Crippen molar-refractivity contribution in [2.75, 3.05) is 20.3 Å². The summed E-state index contributed by atoms with van der Waals surface area (Å²) in [7, 11) is 1.48. The molecule has 0 bridgehead atoms. The van der Waals surface area contributed by atoms with Crippen LogP contribution in [0.5, 0.6) is 0 Å². The molecular weight excluding hydrogens is 590 g/mol. The Balaban J connectivity index is 5.24. The maximum atomic E-state index is 13.9. The van der Waals surface area contributed by atoms with Crippen molar-refractivity contribution in [2.45, 2.75) is 213 Å². The summed E-state index contributed by atoms with van der Waals surface area (Å²) in [4.78, 5) is 27.3. The summed E-state index contributed by atoms with van der Waals surface area (Å²) in [5.74, 6) is -2.11. The molecule has 7 nitrogen and oxygen atoms in total. The summed E-state index contributed by atoms with van der Waals surface area (Å²) in [6.07, 6.45) is 27.1. The van der Waals surface area contributed by atoms with Gasteiger partial charge in [0.15, 0.2) is 5.78 Å². The number of nitrogens with two attached hydrogens (primary N) is 1. The Morgan fingerprint density at radius 3 is 1.38 bits per heavy atom. The number of carbonyl (C=O) groups is 2. The molecule has 4 N–H and O–H groups in total. The minimum Gasteiger partial charge on any atom is -0.393 e. The second-order valence-electron chi connectivity index (χ2n) is 14.1. The van der Waals surface area contributed by atoms with Gasteiger partial charge in [0.05, 0.1) is 18.8 Å². The van der Waals surface area contributed by atoms with Gasteiger partial charge in [-0.15, -0.1) is 0 Å². The van der Waals surface area contributed by atoms with E-state index in [0.29, 0.717) is 25.9 Å². The second kappa shape index (κ2) is 31.0. The zero-order valence-corrected chi connectivity index (χ0v) is 31.7. The zero-order valence-electron chi connectivity index (χ0n) is 31.7. The smallest absolute Gasteiger partial charge is 0.234 e. The lowest BCUT2D eigenvalue weighted by atomic mass is 9.61. The first kappa shape index (κ1) is 46.0. The van der Waals surface area contributed by atoms with Crippen LogP contribution in [0.2, 0.25) is 0 Å². The number of amides is 1. The summed E-state index contributed by atoms with van der Waals surface area (Å²) in [5.41, 5.74) is 4.33. The van der Waals surface area contributed by atoms with Crippen LogP contribution >= 0.6 is 0 Å². The van der Waals surface area contributed by atoms with E-state index in [0.717, 1.165) is 32.1 Å². The number of Topliss-reactive ketones (excluding diaryl/α,β-unsaturated/α-hetero) is 1. The van der Waals surface area contributed by atoms with Gasteiger partial charge in [0.25, 0.3) is 0 Å². The number of ether oxygens (including phenoxy) is 2. The number of carbonyl (C=O) groups excluding carboxylic acids is 2. The average Bonchev–Trinajstić information content (AvgIpc) is 3.07. The number of unbranched alkanes of at least 4 members (excludes halogenated alkanes) is 21. The fourth-order valence-corrected chi connectivity index (χ4v) is 7.51. The van der Waals surface area contributed by atoms with Gasteiger partial charge < -0.3 is 25.4 Å². The standard InChI is InChI=1S/C40H79NO6/c1-6-10-12-14-16-18-19-20-21-22-24-26-28-30-32-47-36(8-3)34(31-29-27-25-23-17-15-13-11-7-2)40(39(41)45,37(9-4)46-5)38(44)35(43)33-42/h34-37,42-43H,6-33H2,1-5H3,(H2,41,45). The van der Waals surface area contributed by atoms with E-state index < -0.39 is 47.9 Å². The highest BCUT2D eigenvalue weighted by atomic mass is 16.5. The van der Waals surface area contributed by atoms with Gasteiger partial charge in [-0.3, -0.25) is 9.59 Å². The quantitative estimate of drug-likeness (QED) is 0.0451. The molecule has 0 saturated carbocycles. The molecule has 0 aliphatic heterocycles. The molecule has 5 atom stereocenters. The van der Waals surface area contributed by atoms with Crippen LogP contribution in [0, 0.1) is 11.3 Å². The minimum absolute atomic E-state index is 0.368. The Labute approximate surface area is 290 Å². The van der Waals surface area contributed by atoms with Crippen LogP contribution in [0.15, 0.2) is 0 Å². The lowest BCUT2D eigenvalue weighted by Gasteiger charge is -2.45. The molecule has 1 amide bonds. The summed E-state index contributed by atoms with van der Waals surface area (Å²) in [5, 5.41) is 20.4. The Hall–Kier alpha value is -1.02. The zero-order chi connectivity index (χ0) is 35.2. The Morgan fingerprint density at radius 2 is 1.04 bits per heavy atom. The van der Waals surface area contributed by atoms with Crippen LogP contribution in [0.1, 0.15) is 195 Å². The highest BCUT2D eigenvalue weighted by Crippen LogP contribution is 2.44. The number of hydrogen-bond donors (Lipinski definition) is 3. The molecule has 0 radical (unpaired) electrons. The third kappa shape index (κ3) is 18.5. The van der Waals surface area contributed by atoms with Crippen molar-refractivity contribution in [2.24, 2.45) is 17.1 Å². The van der Waals surface area contributed by atoms with Crippen LogP contribution in [0.25, 0.3) is 0 Å². The third-order valence-electron chi connectivity index (χ3n) is 10.3. The average molecular weight is 670 g/mol. The Bertz CT molecular complexity index is 730. The van der Waals surface area contributed by atoms with Crippen LogP contribution < -0.4 is 5.73 Å². The maximum Gasteiger partial charge on any atom is 0.234 e. The van der Waals surface area contributed by atoms with Gasteiger partial charge in [0.1, 0.15) is 11.5 Å². The summed E-state index contributed by atoms with van der Waals surface area (Å²) >= 11 is 0. The van der Waals surface area contributed by atoms with Gasteiger partial charge in [0, 0.05) is 19.6 Å². The molecule has 0 aromatic rings. The van der Waals surface area contributed by atoms with Gasteiger partial charge >= 0.3 is 0 Å². The monoisotopic (exact) mass is 670 g/mol. The SMILES string of the molecule is CCCCCCCCCCCCCCCCOC(CC)C(CCCCCCCCCCC)C(C(N)=O)(C(=O)C(O)CO)C(CC)OC. The molecule has 0 aliphatic carbocycles. The van der Waals surface area contributed by atoms with Crippen molar-refractivity contribution >= 4 is 11.7 Å². The maximum absolute atomic E-state index is 13.9. The normalized spacial score (nSPS) is 15.6. The molecule has 0 heterocycles. The van der Waals surface area contributed by atoms with Crippen molar-refractivity contribution in [3.05, 3.63) is 0 Å². The number of hydrogen-bond acceptors (Lipinski definition) is 6. The Morgan fingerprint density at radius 1 is 0.638 bits per heavy atom. The molecule has 0 aromatic carbocycles.